The lowest BCUT2D eigenvalue weighted by Crippen LogP contribution is -2.58. The van der Waals surface area contributed by atoms with Gasteiger partial charge in [-0.05, 0) is 31.1 Å². The van der Waals surface area contributed by atoms with Gasteiger partial charge in [0.25, 0.3) is 0 Å². The van der Waals surface area contributed by atoms with E-state index in [2.05, 4.69) is 10.6 Å². The molecular formula is C19H34N4O6. The lowest BCUT2D eigenvalue weighted by molar-refractivity contribution is -0.150. The molecule has 0 aromatic heterocycles. The van der Waals surface area contributed by atoms with Crippen LogP contribution in [-0.2, 0) is 19.2 Å². The molecule has 1 aliphatic rings. The number of rotatable bonds is 10. The van der Waals surface area contributed by atoms with E-state index in [1.807, 2.05) is 13.8 Å². The normalized spacial score (nSPS) is 19.7. The highest BCUT2D eigenvalue weighted by Gasteiger charge is 2.38. The zero-order valence-corrected chi connectivity index (χ0v) is 17.6. The van der Waals surface area contributed by atoms with Crippen LogP contribution in [0.15, 0.2) is 0 Å². The first-order chi connectivity index (χ1) is 13.5. The van der Waals surface area contributed by atoms with Crippen molar-refractivity contribution in [3.05, 3.63) is 0 Å². The first-order valence-electron chi connectivity index (χ1n) is 10.00. The van der Waals surface area contributed by atoms with E-state index in [0.29, 0.717) is 19.3 Å². The van der Waals surface area contributed by atoms with Crippen molar-refractivity contribution in [3.63, 3.8) is 0 Å². The number of nitrogens with zero attached hydrogens (tertiary/aromatic N) is 1. The Labute approximate surface area is 171 Å². The Hall–Kier alpha value is -2.20. The highest BCUT2D eigenvalue weighted by molar-refractivity contribution is 5.94. The van der Waals surface area contributed by atoms with Crippen molar-refractivity contribution in [2.45, 2.75) is 71.1 Å². The standard InChI is InChI=1S/C19H34N4O6/c1-10(2)8-12(21-17(26)15(20)11(3)4)16(25)22-13(9-24)18(27)23-7-5-6-14(23)19(28)29/h10-15,24H,5-9,20H2,1-4H3,(H,21,26)(H,22,25)(H,28,29)/t12-,13-,14-,15-/m0/s1. The van der Waals surface area contributed by atoms with Gasteiger partial charge < -0.3 is 31.5 Å². The van der Waals surface area contributed by atoms with E-state index in [1.165, 1.54) is 0 Å². The topological polar surface area (TPSA) is 162 Å². The molecule has 0 aliphatic carbocycles. The van der Waals surface area contributed by atoms with Crippen LogP contribution in [0, 0.1) is 11.8 Å². The summed E-state index contributed by atoms with van der Waals surface area (Å²) in [4.78, 5) is 50.2. The molecule has 10 nitrogen and oxygen atoms in total. The largest absolute Gasteiger partial charge is 0.480 e. The zero-order chi connectivity index (χ0) is 22.3. The van der Waals surface area contributed by atoms with Gasteiger partial charge in [0.05, 0.1) is 12.6 Å². The van der Waals surface area contributed by atoms with Gasteiger partial charge in [-0.15, -0.1) is 0 Å². The second kappa shape index (κ2) is 11.1. The monoisotopic (exact) mass is 414 g/mol. The predicted octanol–water partition coefficient (Wildman–Crippen LogP) is -0.947. The van der Waals surface area contributed by atoms with E-state index < -0.39 is 54.5 Å². The maximum Gasteiger partial charge on any atom is 0.326 e. The van der Waals surface area contributed by atoms with Crippen molar-refractivity contribution in [2.24, 2.45) is 17.6 Å². The fourth-order valence-electron chi connectivity index (χ4n) is 3.22. The van der Waals surface area contributed by atoms with E-state index in [9.17, 15) is 29.4 Å². The number of amides is 3. The fraction of sp³-hybridized carbons (Fsp3) is 0.789. The molecule has 0 aromatic carbocycles. The minimum Gasteiger partial charge on any atom is -0.480 e. The summed E-state index contributed by atoms with van der Waals surface area (Å²) in [6.07, 6.45) is 1.18. The first kappa shape index (κ1) is 24.8. The highest BCUT2D eigenvalue weighted by atomic mass is 16.4. The third-order valence-electron chi connectivity index (χ3n) is 4.98. The van der Waals surface area contributed by atoms with Gasteiger partial charge >= 0.3 is 5.97 Å². The number of aliphatic hydroxyl groups is 1. The Balaban J connectivity index is 2.88. The summed E-state index contributed by atoms with van der Waals surface area (Å²) in [6, 6.07) is -3.96. The van der Waals surface area contributed by atoms with Crippen LogP contribution in [0.2, 0.25) is 0 Å². The lowest BCUT2D eigenvalue weighted by atomic mass is 10.00. The van der Waals surface area contributed by atoms with Crippen molar-refractivity contribution in [1.82, 2.24) is 15.5 Å². The second-order valence-corrected chi connectivity index (χ2v) is 8.23. The Bertz CT molecular complexity index is 610. The SMILES string of the molecule is CC(C)C[C@H](NC(=O)[C@@H](N)C(C)C)C(=O)N[C@@H](CO)C(=O)N1CCC[C@H]1C(=O)O. The molecule has 0 radical (unpaired) electrons. The van der Waals surface area contributed by atoms with E-state index >= 15 is 0 Å². The molecule has 1 aliphatic heterocycles. The molecule has 0 spiro atoms. The minimum absolute atomic E-state index is 0.0691. The summed E-state index contributed by atoms with van der Waals surface area (Å²) >= 11 is 0. The van der Waals surface area contributed by atoms with Crippen molar-refractivity contribution < 1.29 is 29.4 Å². The molecule has 1 rings (SSSR count). The number of nitrogens with two attached hydrogens (primary N) is 1. The van der Waals surface area contributed by atoms with Crippen molar-refractivity contribution >= 4 is 23.7 Å². The van der Waals surface area contributed by atoms with E-state index in [-0.39, 0.29) is 18.4 Å². The van der Waals surface area contributed by atoms with Crippen LogP contribution < -0.4 is 16.4 Å². The summed E-state index contributed by atoms with van der Waals surface area (Å²) in [5, 5.41) is 23.9. The van der Waals surface area contributed by atoms with Crippen molar-refractivity contribution in [2.75, 3.05) is 13.2 Å². The van der Waals surface area contributed by atoms with Crippen LogP contribution >= 0.6 is 0 Å². The molecular weight excluding hydrogens is 380 g/mol. The maximum absolute atomic E-state index is 12.7. The average Bonchev–Trinajstić information content (AvgIpc) is 3.13. The number of carboxylic acid groups (broad SMARTS) is 1. The fourth-order valence-corrected chi connectivity index (χ4v) is 3.22. The highest BCUT2D eigenvalue weighted by Crippen LogP contribution is 2.18. The van der Waals surface area contributed by atoms with Gasteiger partial charge in [-0.2, -0.15) is 0 Å². The number of carbonyl (C=O) groups is 4. The van der Waals surface area contributed by atoms with Crippen LogP contribution in [0.3, 0.4) is 0 Å². The predicted molar refractivity (Wildman–Crippen MR) is 106 cm³/mol. The molecule has 1 fully saturated rings. The number of carbonyl (C=O) groups excluding carboxylic acids is 3. The van der Waals surface area contributed by atoms with Gasteiger partial charge in [0, 0.05) is 6.54 Å². The Morgan fingerprint density at radius 1 is 1.07 bits per heavy atom. The number of aliphatic hydroxyl groups excluding tert-OH is 1. The molecule has 0 aromatic rings. The molecule has 0 bridgehead atoms. The van der Waals surface area contributed by atoms with E-state index in [0.717, 1.165) is 4.90 Å². The molecule has 1 saturated heterocycles. The number of likely N-dealkylation sites (tertiary alicyclic amines) is 1. The van der Waals surface area contributed by atoms with Crippen LogP contribution in [0.5, 0.6) is 0 Å². The molecule has 0 unspecified atom stereocenters. The third-order valence-corrected chi connectivity index (χ3v) is 4.98. The molecule has 10 heteroatoms. The number of hydrogen-bond acceptors (Lipinski definition) is 6. The van der Waals surface area contributed by atoms with Gasteiger partial charge in [-0.25, -0.2) is 4.79 Å². The average molecular weight is 415 g/mol. The molecule has 0 saturated carbocycles. The molecule has 4 atom stereocenters. The molecule has 3 amide bonds. The zero-order valence-electron chi connectivity index (χ0n) is 17.6. The summed E-state index contributed by atoms with van der Waals surface area (Å²) in [7, 11) is 0. The molecule has 29 heavy (non-hydrogen) atoms. The Morgan fingerprint density at radius 3 is 2.14 bits per heavy atom. The van der Waals surface area contributed by atoms with Gasteiger partial charge in [0.2, 0.25) is 17.7 Å². The third kappa shape index (κ3) is 6.97. The first-order valence-corrected chi connectivity index (χ1v) is 10.00. The minimum atomic E-state index is -1.28. The second-order valence-electron chi connectivity index (χ2n) is 8.23. The van der Waals surface area contributed by atoms with Crippen molar-refractivity contribution in [3.8, 4) is 0 Å². The van der Waals surface area contributed by atoms with Gasteiger partial charge in [0.15, 0.2) is 0 Å². The van der Waals surface area contributed by atoms with Crippen LogP contribution in [0.4, 0.5) is 0 Å². The Morgan fingerprint density at radius 2 is 1.66 bits per heavy atom. The van der Waals surface area contributed by atoms with E-state index in [1.54, 1.807) is 13.8 Å². The van der Waals surface area contributed by atoms with Gasteiger partial charge in [0.1, 0.15) is 18.1 Å². The smallest absolute Gasteiger partial charge is 0.326 e. The molecule has 1 heterocycles. The van der Waals surface area contributed by atoms with E-state index in [4.69, 9.17) is 5.73 Å². The van der Waals surface area contributed by atoms with Gasteiger partial charge in [-0.1, -0.05) is 27.7 Å². The molecule has 166 valence electrons. The quantitative estimate of drug-likeness (QED) is 0.308. The van der Waals surface area contributed by atoms with Crippen LogP contribution in [0.1, 0.15) is 47.0 Å². The number of carboxylic acids is 1. The maximum atomic E-state index is 12.7. The van der Waals surface area contributed by atoms with Crippen LogP contribution in [0.25, 0.3) is 0 Å². The number of aliphatic carboxylic acids is 1. The summed E-state index contributed by atoms with van der Waals surface area (Å²) in [6.45, 7) is 6.91. The van der Waals surface area contributed by atoms with Gasteiger partial charge in [-0.3, -0.25) is 14.4 Å². The number of hydrogen-bond donors (Lipinski definition) is 5. The Kier molecular flexibility index (Phi) is 9.51. The summed E-state index contributed by atoms with van der Waals surface area (Å²) in [5.41, 5.74) is 5.84. The lowest BCUT2D eigenvalue weighted by Gasteiger charge is -2.28. The number of nitrogens with one attached hydrogen (secondary N) is 2. The molecule has 6 N–H and O–H groups in total. The van der Waals surface area contributed by atoms with Crippen LogP contribution in [-0.4, -0.2) is 76.1 Å². The van der Waals surface area contributed by atoms with Crippen molar-refractivity contribution in [1.29, 1.82) is 0 Å². The summed E-state index contributed by atoms with van der Waals surface area (Å²) < 4.78 is 0. The summed E-state index contributed by atoms with van der Waals surface area (Å²) in [5.74, 6) is -2.92.